The number of furan rings is 1. The van der Waals surface area contributed by atoms with Gasteiger partial charge in [0.2, 0.25) is 0 Å². The molecule has 1 N–H and O–H groups in total. The van der Waals surface area contributed by atoms with Crippen LogP contribution < -0.4 is 4.74 Å². The van der Waals surface area contributed by atoms with Crippen LogP contribution in [0.2, 0.25) is 0 Å². The van der Waals surface area contributed by atoms with Crippen molar-refractivity contribution < 1.29 is 18.7 Å². The Labute approximate surface area is 98.5 Å². The minimum Gasteiger partial charge on any atom is -0.493 e. The fourth-order valence-electron chi connectivity index (χ4n) is 1.50. The van der Waals surface area contributed by atoms with E-state index in [1.54, 1.807) is 30.5 Å². The van der Waals surface area contributed by atoms with Crippen LogP contribution in [0.15, 0.2) is 47.1 Å². The maximum atomic E-state index is 12.9. The van der Waals surface area contributed by atoms with Crippen LogP contribution in [0.3, 0.4) is 0 Å². The molecule has 1 heterocycles. The van der Waals surface area contributed by atoms with Crippen molar-refractivity contribution in [2.75, 3.05) is 13.2 Å². The van der Waals surface area contributed by atoms with E-state index in [0.717, 1.165) is 0 Å². The predicted octanol–water partition coefficient (Wildman–Crippen LogP) is 2.57. The second-order valence-electron chi connectivity index (χ2n) is 3.66. The smallest absolute Gasteiger partial charge is 0.126 e. The highest BCUT2D eigenvalue weighted by molar-refractivity contribution is 5.22. The van der Waals surface area contributed by atoms with Gasteiger partial charge in [0.05, 0.1) is 18.8 Å². The zero-order chi connectivity index (χ0) is 12.1. The average molecular weight is 236 g/mol. The summed E-state index contributed by atoms with van der Waals surface area (Å²) >= 11 is 0. The van der Waals surface area contributed by atoms with E-state index in [9.17, 15) is 9.50 Å². The SMILES string of the molecule is OCC(COc1cccc(F)c1)c1ccco1. The first kappa shape index (κ1) is 11.7. The highest BCUT2D eigenvalue weighted by atomic mass is 19.1. The standard InChI is InChI=1S/C13H13FO3/c14-11-3-1-4-12(7-11)17-9-10(8-15)13-5-2-6-16-13/h1-7,10,15H,8-9H2. The molecule has 0 radical (unpaired) electrons. The van der Waals surface area contributed by atoms with Gasteiger partial charge in [-0.05, 0) is 24.3 Å². The topological polar surface area (TPSA) is 42.6 Å². The summed E-state index contributed by atoms with van der Waals surface area (Å²) in [6.45, 7) is 0.163. The van der Waals surface area contributed by atoms with Crippen molar-refractivity contribution in [3.8, 4) is 5.75 Å². The Morgan fingerprint density at radius 3 is 2.82 bits per heavy atom. The lowest BCUT2D eigenvalue weighted by Gasteiger charge is -2.13. The number of rotatable bonds is 5. The van der Waals surface area contributed by atoms with Crippen LogP contribution in [0.1, 0.15) is 11.7 Å². The van der Waals surface area contributed by atoms with Crippen molar-refractivity contribution in [2.45, 2.75) is 5.92 Å². The van der Waals surface area contributed by atoms with E-state index in [2.05, 4.69) is 0 Å². The number of benzene rings is 1. The van der Waals surface area contributed by atoms with Crippen LogP contribution in [-0.4, -0.2) is 18.3 Å². The molecule has 0 aliphatic carbocycles. The Bertz CT molecular complexity index is 453. The second kappa shape index (κ2) is 5.50. The Morgan fingerprint density at radius 1 is 1.29 bits per heavy atom. The molecule has 0 aliphatic rings. The minimum absolute atomic E-state index is 0.0805. The molecule has 0 spiro atoms. The fourth-order valence-corrected chi connectivity index (χ4v) is 1.50. The van der Waals surface area contributed by atoms with Crippen molar-refractivity contribution in [1.82, 2.24) is 0 Å². The maximum Gasteiger partial charge on any atom is 0.126 e. The third-order valence-electron chi connectivity index (χ3n) is 2.41. The van der Waals surface area contributed by atoms with Crippen LogP contribution in [0.4, 0.5) is 4.39 Å². The summed E-state index contributed by atoms with van der Waals surface area (Å²) in [6, 6.07) is 9.42. The van der Waals surface area contributed by atoms with Crippen LogP contribution >= 0.6 is 0 Å². The molecule has 2 aromatic rings. The molecule has 1 atom stereocenters. The average Bonchev–Trinajstić information content (AvgIpc) is 2.84. The monoisotopic (exact) mass is 236 g/mol. The summed E-state index contributed by atoms with van der Waals surface area (Å²) in [4.78, 5) is 0. The largest absolute Gasteiger partial charge is 0.493 e. The first-order chi connectivity index (χ1) is 8.29. The maximum absolute atomic E-state index is 12.9. The van der Waals surface area contributed by atoms with E-state index >= 15 is 0 Å². The molecule has 1 unspecified atom stereocenters. The van der Waals surface area contributed by atoms with Gasteiger partial charge in [0.25, 0.3) is 0 Å². The van der Waals surface area contributed by atoms with E-state index in [1.165, 1.54) is 12.1 Å². The Morgan fingerprint density at radius 2 is 2.18 bits per heavy atom. The lowest BCUT2D eigenvalue weighted by atomic mass is 10.1. The third-order valence-corrected chi connectivity index (χ3v) is 2.41. The van der Waals surface area contributed by atoms with Crippen molar-refractivity contribution in [3.63, 3.8) is 0 Å². The summed E-state index contributed by atoms with van der Waals surface area (Å²) in [6.07, 6.45) is 1.54. The van der Waals surface area contributed by atoms with Crippen LogP contribution in [0.25, 0.3) is 0 Å². The van der Waals surface area contributed by atoms with Gasteiger partial charge in [0.15, 0.2) is 0 Å². The van der Waals surface area contributed by atoms with Crippen LogP contribution in [0, 0.1) is 5.82 Å². The van der Waals surface area contributed by atoms with Gasteiger partial charge in [-0.2, -0.15) is 0 Å². The van der Waals surface area contributed by atoms with Crippen molar-refractivity contribution in [3.05, 3.63) is 54.2 Å². The van der Waals surface area contributed by atoms with Crippen LogP contribution in [0.5, 0.6) is 5.75 Å². The third kappa shape index (κ3) is 3.07. The van der Waals surface area contributed by atoms with Crippen molar-refractivity contribution >= 4 is 0 Å². The molecule has 0 saturated carbocycles. The molecular weight excluding hydrogens is 223 g/mol. The number of halogens is 1. The van der Waals surface area contributed by atoms with Gasteiger partial charge in [-0.15, -0.1) is 0 Å². The lowest BCUT2D eigenvalue weighted by Crippen LogP contribution is -2.13. The molecule has 1 aromatic heterocycles. The number of ether oxygens (including phenoxy) is 1. The van der Waals surface area contributed by atoms with Crippen LogP contribution in [-0.2, 0) is 0 Å². The van der Waals surface area contributed by atoms with E-state index in [0.29, 0.717) is 11.5 Å². The van der Waals surface area contributed by atoms with Gasteiger partial charge < -0.3 is 14.3 Å². The molecule has 3 nitrogen and oxygen atoms in total. The van der Waals surface area contributed by atoms with Gasteiger partial charge in [-0.1, -0.05) is 6.07 Å². The number of hydrogen-bond donors (Lipinski definition) is 1. The molecule has 0 saturated heterocycles. The normalized spacial score (nSPS) is 12.4. The molecule has 0 bridgehead atoms. The second-order valence-corrected chi connectivity index (χ2v) is 3.66. The molecule has 4 heteroatoms. The Balaban J connectivity index is 1.97. The first-order valence-electron chi connectivity index (χ1n) is 5.32. The van der Waals surface area contributed by atoms with E-state index in [-0.39, 0.29) is 24.9 Å². The molecule has 2 rings (SSSR count). The summed E-state index contributed by atoms with van der Waals surface area (Å²) in [5.41, 5.74) is 0. The van der Waals surface area contributed by atoms with Gasteiger partial charge in [-0.25, -0.2) is 4.39 Å². The summed E-state index contributed by atoms with van der Waals surface area (Å²) < 4.78 is 23.5. The Kier molecular flexibility index (Phi) is 3.77. The van der Waals surface area contributed by atoms with E-state index in [1.807, 2.05) is 0 Å². The highest BCUT2D eigenvalue weighted by Gasteiger charge is 2.14. The summed E-state index contributed by atoms with van der Waals surface area (Å²) in [7, 11) is 0. The summed E-state index contributed by atoms with van der Waals surface area (Å²) in [5.74, 6) is 0.508. The fraction of sp³-hybridized carbons (Fsp3) is 0.231. The zero-order valence-electron chi connectivity index (χ0n) is 9.17. The van der Waals surface area contributed by atoms with Crippen molar-refractivity contribution in [1.29, 1.82) is 0 Å². The predicted molar refractivity (Wildman–Crippen MR) is 60.4 cm³/mol. The molecule has 0 fully saturated rings. The Hall–Kier alpha value is -1.81. The molecule has 1 aromatic carbocycles. The lowest BCUT2D eigenvalue weighted by molar-refractivity contribution is 0.190. The van der Waals surface area contributed by atoms with Gasteiger partial charge in [0, 0.05) is 6.07 Å². The van der Waals surface area contributed by atoms with Gasteiger partial charge in [0.1, 0.15) is 23.9 Å². The molecule has 0 amide bonds. The van der Waals surface area contributed by atoms with Gasteiger partial charge >= 0.3 is 0 Å². The van der Waals surface area contributed by atoms with Gasteiger partial charge in [-0.3, -0.25) is 0 Å². The number of aliphatic hydroxyl groups is 1. The highest BCUT2D eigenvalue weighted by Crippen LogP contribution is 2.19. The molecular formula is C13H13FO3. The van der Waals surface area contributed by atoms with E-state index < -0.39 is 0 Å². The zero-order valence-corrected chi connectivity index (χ0v) is 9.17. The summed E-state index contributed by atoms with van der Waals surface area (Å²) in [5, 5.41) is 9.22. The minimum atomic E-state index is -0.346. The van der Waals surface area contributed by atoms with Crippen molar-refractivity contribution in [2.24, 2.45) is 0 Å². The molecule has 17 heavy (non-hydrogen) atoms. The quantitative estimate of drug-likeness (QED) is 0.867. The first-order valence-corrected chi connectivity index (χ1v) is 5.32. The van der Waals surface area contributed by atoms with E-state index in [4.69, 9.17) is 9.15 Å². The number of hydrogen-bond acceptors (Lipinski definition) is 3. The molecule has 0 aliphatic heterocycles. The molecule has 90 valence electrons. The number of aliphatic hydroxyl groups excluding tert-OH is 1.